The summed E-state index contributed by atoms with van der Waals surface area (Å²) in [5.41, 5.74) is 5.72. The topological polar surface area (TPSA) is 98.5 Å². The second kappa shape index (κ2) is 11.1. The number of sulfonamides is 1. The smallest absolute Gasteiger partial charge is 0.296 e. The number of carbonyl (C=O) groups excluding carboxylic acids is 1. The average molecular weight is 636 g/mol. The minimum absolute atomic E-state index is 0.0293. The van der Waals surface area contributed by atoms with E-state index in [1.165, 1.54) is 36.4 Å². The van der Waals surface area contributed by atoms with E-state index in [2.05, 4.69) is 20.7 Å². The predicted octanol–water partition coefficient (Wildman–Crippen LogP) is 6.16. The molecule has 6 nitrogen and oxygen atoms in total. The van der Waals surface area contributed by atoms with Crippen molar-refractivity contribution in [3.05, 3.63) is 70.7 Å². The molecule has 2 aliphatic rings. The molecule has 2 aliphatic carbocycles. The number of hydrogen-bond acceptors (Lipinski definition) is 5. The summed E-state index contributed by atoms with van der Waals surface area (Å²) in [6.45, 7) is 3.81. The maximum Gasteiger partial charge on any atom is 0.296 e. The van der Waals surface area contributed by atoms with Gasteiger partial charge in [-0.1, -0.05) is 40.2 Å². The third-order valence-corrected chi connectivity index (χ3v) is 10.0. The van der Waals surface area contributed by atoms with E-state index in [-0.39, 0.29) is 28.9 Å². The minimum Gasteiger partial charge on any atom is -0.491 e. The van der Waals surface area contributed by atoms with Crippen LogP contribution in [0.2, 0.25) is 0 Å². The van der Waals surface area contributed by atoms with Gasteiger partial charge in [-0.3, -0.25) is 4.79 Å². The maximum absolute atomic E-state index is 16.2. The molecule has 3 aromatic rings. The van der Waals surface area contributed by atoms with E-state index in [4.69, 9.17) is 10.5 Å². The summed E-state index contributed by atoms with van der Waals surface area (Å²) in [5.74, 6) is -4.84. The largest absolute Gasteiger partial charge is 0.491 e. The van der Waals surface area contributed by atoms with Gasteiger partial charge >= 0.3 is 0 Å². The molecule has 0 saturated heterocycles. The highest BCUT2D eigenvalue weighted by molar-refractivity contribution is 9.10. The van der Waals surface area contributed by atoms with Crippen LogP contribution in [0.15, 0.2) is 70.0 Å². The van der Waals surface area contributed by atoms with Crippen molar-refractivity contribution in [3.8, 4) is 5.75 Å². The van der Waals surface area contributed by atoms with Crippen LogP contribution < -0.4 is 15.2 Å². The Kier molecular flexibility index (Phi) is 8.09. The molecule has 0 heterocycles. The van der Waals surface area contributed by atoms with Crippen LogP contribution in [0.4, 0.5) is 8.78 Å². The number of Topliss-reactive ketones (excluding diaryl/α,β-unsaturated/α-hetero) is 1. The fraction of sp³-hybridized carbons (Fsp3) is 0.433. The number of alkyl halides is 2. The zero-order valence-electron chi connectivity index (χ0n) is 22.3. The number of hydrogen-bond donors (Lipinski definition) is 2. The number of ether oxygens (including phenoxy) is 1. The highest BCUT2D eigenvalue weighted by atomic mass is 79.9. The molecule has 0 aromatic heterocycles. The summed E-state index contributed by atoms with van der Waals surface area (Å²) in [5, 5.41) is 1.33. The lowest BCUT2D eigenvalue weighted by molar-refractivity contribution is -0.139. The van der Waals surface area contributed by atoms with E-state index in [1.807, 2.05) is 13.8 Å². The van der Waals surface area contributed by atoms with Gasteiger partial charge in [0.1, 0.15) is 11.8 Å². The summed E-state index contributed by atoms with van der Waals surface area (Å²) in [6, 6.07) is 12.6. The average Bonchev–Trinajstić information content (AvgIpc) is 3.17. The van der Waals surface area contributed by atoms with Crippen LogP contribution in [0, 0.1) is 17.8 Å². The van der Waals surface area contributed by atoms with E-state index in [0.717, 1.165) is 18.2 Å². The summed E-state index contributed by atoms with van der Waals surface area (Å²) in [4.78, 5) is 13.7. The Morgan fingerprint density at radius 1 is 1.00 bits per heavy atom. The SMILES string of the molecule is CC(C)Oc1ccc2cc(S(=O)(=O)N[C@H](C(=O)C3C4CCC3CC(N)C4)C(F)(F)c3ccc(Br)cc3)ccc2c1. The number of rotatable bonds is 9. The van der Waals surface area contributed by atoms with Crippen LogP contribution >= 0.6 is 15.9 Å². The van der Waals surface area contributed by atoms with Gasteiger partial charge in [-0.15, -0.1) is 0 Å². The maximum atomic E-state index is 16.2. The van der Waals surface area contributed by atoms with Gasteiger partial charge in [-0.05, 0) is 98.5 Å². The van der Waals surface area contributed by atoms with E-state index in [0.29, 0.717) is 28.5 Å². The van der Waals surface area contributed by atoms with Crippen LogP contribution in [0.3, 0.4) is 0 Å². The monoisotopic (exact) mass is 634 g/mol. The van der Waals surface area contributed by atoms with Crippen molar-refractivity contribution >= 4 is 42.5 Å². The van der Waals surface area contributed by atoms with E-state index in [1.54, 1.807) is 24.3 Å². The van der Waals surface area contributed by atoms with Crippen LogP contribution in [0.25, 0.3) is 10.8 Å². The van der Waals surface area contributed by atoms with Crippen molar-refractivity contribution in [3.63, 3.8) is 0 Å². The summed E-state index contributed by atoms with van der Waals surface area (Å²) < 4.78 is 68.0. The first kappa shape index (κ1) is 29.1. The molecule has 0 spiro atoms. The van der Waals surface area contributed by atoms with Gasteiger partial charge < -0.3 is 10.5 Å². The van der Waals surface area contributed by atoms with Crippen LogP contribution in [-0.4, -0.2) is 32.4 Å². The fourth-order valence-corrected chi connectivity index (χ4v) is 7.82. The Bertz CT molecular complexity index is 1500. The molecule has 2 bridgehead atoms. The summed E-state index contributed by atoms with van der Waals surface area (Å²) >= 11 is 3.24. The summed E-state index contributed by atoms with van der Waals surface area (Å²) in [6.07, 6.45) is 2.57. The number of nitrogens with two attached hydrogens (primary N) is 1. The molecular formula is C30H33BrF2N2O4S. The van der Waals surface area contributed by atoms with Crippen molar-refractivity contribution in [2.45, 2.75) is 68.5 Å². The molecule has 40 heavy (non-hydrogen) atoms. The van der Waals surface area contributed by atoms with Crippen molar-refractivity contribution in [1.82, 2.24) is 4.72 Å². The molecule has 3 atom stereocenters. The first-order valence-electron chi connectivity index (χ1n) is 13.5. The van der Waals surface area contributed by atoms with Gasteiger partial charge in [-0.25, -0.2) is 8.42 Å². The number of nitrogens with one attached hydrogen (secondary N) is 1. The van der Waals surface area contributed by atoms with E-state index < -0.39 is 39.3 Å². The van der Waals surface area contributed by atoms with Crippen LogP contribution in [0.1, 0.15) is 45.1 Å². The molecule has 2 fully saturated rings. The number of ketones is 1. The van der Waals surface area contributed by atoms with Gasteiger partial charge in [-0.2, -0.15) is 13.5 Å². The van der Waals surface area contributed by atoms with E-state index >= 15 is 8.78 Å². The molecule has 3 aromatic carbocycles. The van der Waals surface area contributed by atoms with Crippen molar-refractivity contribution in [1.29, 1.82) is 0 Å². The molecule has 2 unspecified atom stereocenters. The Labute approximate surface area is 241 Å². The van der Waals surface area contributed by atoms with Gasteiger partial charge in [0.15, 0.2) is 5.78 Å². The minimum atomic E-state index is -4.50. The number of fused-ring (bicyclic) bond motifs is 3. The Morgan fingerprint density at radius 2 is 1.60 bits per heavy atom. The van der Waals surface area contributed by atoms with Gasteiger partial charge in [0.25, 0.3) is 5.92 Å². The Balaban J connectivity index is 1.50. The zero-order chi connectivity index (χ0) is 28.8. The zero-order valence-corrected chi connectivity index (χ0v) is 24.7. The lowest BCUT2D eigenvalue weighted by Gasteiger charge is -2.36. The quantitative estimate of drug-likeness (QED) is 0.294. The normalized spacial score (nSPS) is 23.9. The number of halogens is 3. The summed E-state index contributed by atoms with van der Waals surface area (Å²) in [7, 11) is -4.50. The van der Waals surface area contributed by atoms with Gasteiger partial charge in [0, 0.05) is 22.0 Å². The lowest BCUT2D eigenvalue weighted by Crippen LogP contribution is -2.55. The molecular weight excluding hydrogens is 602 g/mol. The molecule has 214 valence electrons. The number of carbonyl (C=O) groups is 1. The van der Waals surface area contributed by atoms with Gasteiger partial charge in [0.2, 0.25) is 10.0 Å². The fourth-order valence-electron chi connectivity index (χ4n) is 6.32. The Hall–Kier alpha value is -2.40. The lowest BCUT2D eigenvalue weighted by atomic mass is 9.72. The number of benzene rings is 3. The third-order valence-electron chi connectivity index (χ3n) is 8.08. The van der Waals surface area contributed by atoms with Crippen LogP contribution in [0.5, 0.6) is 5.75 Å². The van der Waals surface area contributed by atoms with Gasteiger partial charge in [0.05, 0.1) is 11.0 Å². The second-order valence-corrected chi connectivity index (χ2v) is 13.9. The molecule has 2 saturated carbocycles. The van der Waals surface area contributed by atoms with Crippen molar-refractivity contribution in [2.24, 2.45) is 23.5 Å². The molecule has 10 heteroatoms. The third kappa shape index (κ3) is 5.82. The first-order chi connectivity index (χ1) is 18.8. The standard InChI is InChI=1S/C30H33BrF2N2O4S/c1-17(2)39-25-11-5-19-16-26(12-6-18(19)15-25)40(37,38)35-29(30(32,33)22-7-9-23(31)10-8-22)28(36)27-20-3-4-21(27)14-24(34)13-20/h5-12,15-17,20-21,24,27,29,35H,3-4,13-14,34H2,1-2H3/t20?,21?,24?,27?,29-/m1/s1. The molecule has 5 rings (SSSR count). The predicted molar refractivity (Wildman–Crippen MR) is 154 cm³/mol. The highest BCUT2D eigenvalue weighted by Gasteiger charge is 2.54. The molecule has 0 amide bonds. The first-order valence-corrected chi connectivity index (χ1v) is 15.8. The molecule has 3 N–H and O–H groups in total. The molecule has 0 radical (unpaired) electrons. The van der Waals surface area contributed by atoms with Crippen LogP contribution in [-0.2, 0) is 20.7 Å². The second-order valence-electron chi connectivity index (χ2n) is 11.3. The van der Waals surface area contributed by atoms with Crippen molar-refractivity contribution in [2.75, 3.05) is 0 Å². The Morgan fingerprint density at radius 3 is 2.23 bits per heavy atom. The van der Waals surface area contributed by atoms with Crippen molar-refractivity contribution < 1.29 is 26.7 Å². The van der Waals surface area contributed by atoms with E-state index in [9.17, 15) is 13.2 Å². The highest BCUT2D eigenvalue weighted by Crippen LogP contribution is 2.49. The molecule has 0 aliphatic heterocycles.